The maximum atomic E-state index is 8.91. The third-order valence-electron chi connectivity index (χ3n) is 3.94. The molecular weight excluding hydrogens is 332 g/mol. The second-order valence-electron chi connectivity index (χ2n) is 5.79. The van der Waals surface area contributed by atoms with E-state index in [2.05, 4.69) is 21.7 Å². The number of anilines is 1. The Hall–Kier alpha value is -2.61. The van der Waals surface area contributed by atoms with E-state index in [-0.39, 0.29) is 0 Å². The van der Waals surface area contributed by atoms with Gasteiger partial charge in [0, 0.05) is 35.4 Å². The number of benzene rings is 2. The highest BCUT2D eigenvalue weighted by Gasteiger charge is 2.02. The van der Waals surface area contributed by atoms with Crippen LogP contribution in [0.15, 0.2) is 54.7 Å². The molecule has 0 atom stereocenters. The van der Waals surface area contributed by atoms with Gasteiger partial charge in [-0.05, 0) is 54.9 Å². The maximum Gasteiger partial charge on any atom is 0.0991 e. The molecular formula is C20H19ClN4. The molecule has 0 spiro atoms. The highest BCUT2D eigenvalue weighted by Crippen LogP contribution is 2.24. The lowest BCUT2D eigenvalue weighted by atomic mass is 10.1. The third-order valence-corrected chi connectivity index (χ3v) is 4.17. The van der Waals surface area contributed by atoms with E-state index in [0.717, 1.165) is 48.2 Å². The van der Waals surface area contributed by atoms with Crippen LogP contribution < -0.4 is 10.6 Å². The quantitative estimate of drug-likeness (QED) is 0.622. The molecule has 0 fully saturated rings. The van der Waals surface area contributed by atoms with Crippen molar-refractivity contribution in [2.24, 2.45) is 0 Å². The minimum Gasteiger partial charge on any atom is -0.384 e. The zero-order valence-electron chi connectivity index (χ0n) is 13.8. The van der Waals surface area contributed by atoms with E-state index in [1.165, 1.54) is 0 Å². The predicted molar refractivity (Wildman–Crippen MR) is 103 cm³/mol. The van der Waals surface area contributed by atoms with Crippen LogP contribution in [0.25, 0.3) is 10.9 Å². The van der Waals surface area contributed by atoms with Crippen molar-refractivity contribution >= 4 is 28.2 Å². The zero-order chi connectivity index (χ0) is 17.5. The fourth-order valence-electron chi connectivity index (χ4n) is 2.70. The molecule has 4 nitrogen and oxygen atoms in total. The van der Waals surface area contributed by atoms with Crippen LogP contribution in [0, 0.1) is 11.3 Å². The Morgan fingerprint density at radius 1 is 1.08 bits per heavy atom. The van der Waals surface area contributed by atoms with Gasteiger partial charge in [0.15, 0.2) is 0 Å². The summed E-state index contributed by atoms with van der Waals surface area (Å²) in [6.07, 6.45) is 2.79. The van der Waals surface area contributed by atoms with Gasteiger partial charge in [0.25, 0.3) is 0 Å². The monoisotopic (exact) mass is 350 g/mol. The first kappa shape index (κ1) is 17.2. The van der Waals surface area contributed by atoms with Crippen LogP contribution >= 0.6 is 11.6 Å². The van der Waals surface area contributed by atoms with Gasteiger partial charge in [0.05, 0.1) is 17.1 Å². The first-order chi connectivity index (χ1) is 12.3. The number of nitriles is 1. The summed E-state index contributed by atoms with van der Waals surface area (Å²) >= 11 is 6.02. The highest BCUT2D eigenvalue weighted by atomic mass is 35.5. The number of nitrogens with zero attached hydrogens (tertiary/aromatic N) is 2. The summed E-state index contributed by atoms with van der Waals surface area (Å²) in [4.78, 5) is 4.35. The molecule has 3 aromatic rings. The molecule has 0 bridgehead atoms. The average molecular weight is 351 g/mol. The van der Waals surface area contributed by atoms with Gasteiger partial charge in [-0.2, -0.15) is 5.26 Å². The standard InChI is InChI=1S/C20H19ClN4/c21-17-5-6-18-19(7-10-25-20(18)12-17)24-9-2-8-23-14-16-4-1-3-15(11-16)13-22/h1,3-7,10-12,23H,2,8-9,14H2,(H,24,25). The van der Waals surface area contributed by atoms with Gasteiger partial charge in [-0.25, -0.2) is 0 Å². The van der Waals surface area contributed by atoms with Gasteiger partial charge in [-0.15, -0.1) is 0 Å². The van der Waals surface area contributed by atoms with Crippen molar-refractivity contribution in [3.05, 3.63) is 70.9 Å². The lowest BCUT2D eigenvalue weighted by Crippen LogP contribution is -2.17. The SMILES string of the molecule is N#Cc1cccc(CNCCCNc2ccnc3cc(Cl)ccc23)c1. The van der Waals surface area contributed by atoms with Crippen molar-refractivity contribution in [2.45, 2.75) is 13.0 Å². The van der Waals surface area contributed by atoms with E-state index >= 15 is 0 Å². The summed E-state index contributed by atoms with van der Waals surface area (Å²) in [6.45, 7) is 2.54. The van der Waals surface area contributed by atoms with Crippen molar-refractivity contribution in [2.75, 3.05) is 18.4 Å². The molecule has 5 heteroatoms. The maximum absolute atomic E-state index is 8.91. The molecule has 1 aromatic heterocycles. The number of halogens is 1. The van der Waals surface area contributed by atoms with Gasteiger partial charge in [-0.1, -0.05) is 23.7 Å². The molecule has 1 heterocycles. The Kier molecular flexibility index (Phi) is 5.84. The molecule has 2 aromatic carbocycles. The van der Waals surface area contributed by atoms with Crippen LogP contribution in [-0.2, 0) is 6.54 Å². The third kappa shape index (κ3) is 4.69. The molecule has 0 saturated heterocycles. The summed E-state index contributed by atoms with van der Waals surface area (Å²) in [6, 6.07) is 17.6. The van der Waals surface area contributed by atoms with Crippen LogP contribution in [0.4, 0.5) is 5.69 Å². The van der Waals surface area contributed by atoms with Crippen LogP contribution in [-0.4, -0.2) is 18.1 Å². The first-order valence-electron chi connectivity index (χ1n) is 8.24. The molecule has 2 N–H and O–H groups in total. The topological polar surface area (TPSA) is 60.7 Å². The molecule has 25 heavy (non-hydrogen) atoms. The summed E-state index contributed by atoms with van der Waals surface area (Å²) in [7, 11) is 0. The van der Waals surface area contributed by atoms with Gasteiger partial charge in [-0.3, -0.25) is 4.98 Å². The van der Waals surface area contributed by atoms with Crippen molar-refractivity contribution < 1.29 is 0 Å². The summed E-state index contributed by atoms with van der Waals surface area (Å²) in [5.41, 5.74) is 3.80. The van der Waals surface area contributed by atoms with Crippen LogP contribution in [0.3, 0.4) is 0 Å². The van der Waals surface area contributed by atoms with Crippen molar-refractivity contribution in [3.8, 4) is 6.07 Å². The zero-order valence-corrected chi connectivity index (χ0v) is 14.6. The number of hydrogen-bond acceptors (Lipinski definition) is 4. The van der Waals surface area contributed by atoms with Gasteiger partial charge in [0.1, 0.15) is 0 Å². The second-order valence-corrected chi connectivity index (χ2v) is 6.23. The number of aromatic nitrogens is 1. The fraction of sp³-hybridized carbons (Fsp3) is 0.200. The van der Waals surface area contributed by atoms with Gasteiger partial charge >= 0.3 is 0 Å². The Morgan fingerprint density at radius 3 is 2.88 bits per heavy atom. The average Bonchev–Trinajstić information content (AvgIpc) is 2.64. The van der Waals surface area contributed by atoms with E-state index in [9.17, 15) is 0 Å². The van der Waals surface area contributed by atoms with E-state index in [0.29, 0.717) is 10.6 Å². The van der Waals surface area contributed by atoms with Gasteiger partial charge in [0.2, 0.25) is 0 Å². The number of fused-ring (bicyclic) bond motifs is 1. The molecule has 0 aliphatic carbocycles. The molecule has 3 rings (SSSR count). The van der Waals surface area contributed by atoms with Crippen molar-refractivity contribution in [1.29, 1.82) is 5.26 Å². The molecule has 0 saturated carbocycles. The minimum atomic E-state index is 0.696. The highest BCUT2D eigenvalue weighted by molar-refractivity contribution is 6.31. The van der Waals surface area contributed by atoms with E-state index in [1.807, 2.05) is 48.5 Å². The molecule has 0 unspecified atom stereocenters. The molecule has 0 aliphatic rings. The van der Waals surface area contributed by atoms with Crippen LogP contribution in [0.5, 0.6) is 0 Å². The number of rotatable bonds is 7. The van der Waals surface area contributed by atoms with E-state index in [4.69, 9.17) is 16.9 Å². The normalized spacial score (nSPS) is 10.6. The summed E-state index contributed by atoms with van der Waals surface area (Å²) in [5, 5.41) is 17.5. The molecule has 0 radical (unpaired) electrons. The van der Waals surface area contributed by atoms with Gasteiger partial charge < -0.3 is 10.6 Å². The summed E-state index contributed by atoms with van der Waals surface area (Å²) < 4.78 is 0. The van der Waals surface area contributed by atoms with Crippen LogP contribution in [0.1, 0.15) is 17.5 Å². The minimum absolute atomic E-state index is 0.696. The van der Waals surface area contributed by atoms with Crippen molar-refractivity contribution in [1.82, 2.24) is 10.3 Å². The number of hydrogen-bond donors (Lipinski definition) is 2. The van der Waals surface area contributed by atoms with Crippen molar-refractivity contribution in [3.63, 3.8) is 0 Å². The molecule has 0 amide bonds. The van der Waals surface area contributed by atoms with Crippen LogP contribution in [0.2, 0.25) is 5.02 Å². The molecule has 126 valence electrons. The smallest absolute Gasteiger partial charge is 0.0991 e. The number of nitrogens with one attached hydrogen (secondary N) is 2. The lowest BCUT2D eigenvalue weighted by molar-refractivity contribution is 0.663. The Labute approximate surface area is 152 Å². The first-order valence-corrected chi connectivity index (χ1v) is 8.62. The Balaban J connectivity index is 1.45. The second kappa shape index (κ2) is 8.48. The number of pyridine rings is 1. The predicted octanol–water partition coefficient (Wildman–Crippen LogP) is 4.35. The fourth-order valence-corrected chi connectivity index (χ4v) is 2.86. The summed E-state index contributed by atoms with van der Waals surface area (Å²) in [5.74, 6) is 0. The van der Waals surface area contributed by atoms with E-state index < -0.39 is 0 Å². The van der Waals surface area contributed by atoms with E-state index in [1.54, 1.807) is 6.20 Å². The Bertz CT molecular complexity index is 902. The lowest BCUT2D eigenvalue weighted by Gasteiger charge is -2.10. The molecule has 0 aliphatic heterocycles. The Morgan fingerprint density at radius 2 is 2.00 bits per heavy atom. The largest absolute Gasteiger partial charge is 0.384 e.